The number of phenols is 1. The van der Waals surface area contributed by atoms with Crippen LogP contribution in [0, 0.1) is 6.92 Å². The summed E-state index contributed by atoms with van der Waals surface area (Å²) in [5.41, 5.74) is 1.82. The number of aryl methyl sites for hydroxylation is 1. The van der Waals surface area contributed by atoms with E-state index in [0.29, 0.717) is 26.6 Å². The third-order valence-electron chi connectivity index (χ3n) is 4.08. The predicted octanol–water partition coefficient (Wildman–Crippen LogP) is 4.00. The quantitative estimate of drug-likeness (QED) is 0.407. The van der Waals surface area contributed by atoms with Gasteiger partial charge >= 0.3 is 5.97 Å². The lowest BCUT2D eigenvalue weighted by Crippen LogP contribution is -1.99. The van der Waals surface area contributed by atoms with Crippen LogP contribution in [-0.4, -0.2) is 36.1 Å². The standard InChI is InChI=1S/C20H17NO5S/c1-11-14-9-13(10-21-19(14)27-18(11)20(24)26-3)15(22)6-4-12-5-7-17(25-2)16(23)8-12/h4-10,23H,1-3H3. The molecule has 2 heterocycles. The maximum atomic E-state index is 12.5. The average molecular weight is 383 g/mol. The Morgan fingerprint density at radius 2 is 2.00 bits per heavy atom. The second-order valence-corrected chi connectivity index (χ2v) is 6.75. The number of hydrogen-bond acceptors (Lipinski definition) is 7. The molecular weight excluding hydrogens is 366 g/mol. The van der Waals surface area contributed by atoms with Gasteiger partial charge in [-0.2, -0.15) is 0 Å². The molecule has 27 heavy (non-hydrogen) atoms. The zero-order valence-corrected chi connectivity index (χ0v) is 15.8. The number of phenolic OH excluding ortho intramolecular Hbond substituents is 1. The molecule has 0 fully saturated rings. The molecule has 3 aromatic rings. The zero-order valence-electron chi connectivity index (χ0n) is 15.0. The van der Waals surface area contributed by atoms with Crippen molar-refractivity contribution < 1.29 is 24.2 Å². The number of thiophene rings is 1. The molecule has 0 saturated heterocycles. The Balaban J connectivity index is 1.88. The van der Waals surface area contributed by atoms with Crippen molar-refractivity contribution in [3.8, 4) is 11.5 Å². The maximum Gasteiger partial charge on any atom is 0.348 e. The molecule has 7 heteroatoms. The number of carbonyl (C=O) groups is 2. The molecule has 0 saturated carbocycles. The summed E-state index contributed by atoms with van der Waals surface area (Å²) >= 11 is 1.24. The van der Waals surface area contributed by atoms with Gasteiger partial charge in [0.2, 0.25) is 0 Å². The summed E-state index contributed by atoms with van der Waals surface area (Å²) in [6.07, 6.45) is 4.50. The van der Waals surface area contributed by atoms with E-state index in [2.05, 4.69) is 4.98 Å². The van der Waals surface area contributed by atoms with Crippen LogP contribution in [0.15, 0.2) is 36.5 Å². The molecule has 2 aromatic heterocycles. The van der Waals surface area contributed by atoms with Crippen molar-refractivity contribution in [1.29, 1.82) is 0 Å². The molecule has 6 nitrogen and oxygen atoms in total. The zero-order chi connectivity index (χ0) is 19.6. The first-order valence-electron chi connectivity index (χ1n) is 8.01. The molecule has 1 N–H and O–H groups in total. The average Bonchev–Trinajstić information content (AvgIpc) is 3.01. The number of hydrogen-bond donors (Lipinski definition) is 1. The number of fused-ring (bicyclic) bond motifs is 1. The summed E-state index contributed by atoms with van der Waals surface area (Å²) in [6, 6.07) is 6.58. The van der Waals surface area contributed by atoms with Crippen molar-refractivity contribution in [1.82, 2.24) is 4.98 Å². The number of carbonyl (C=O) groups excluding carboxylic acids is 2. The molecular formula is C20H17NO5S. The number of allylic oxidation sites excluding steroid dienone is 1. The summed E-state index contributed by atoms with van der Waals surface area (Å²) < 4.78 is 9.77. The Hall–Kier alpha value is -3.19. The number of ketones is 1. The van der Waals surface area contributed by atoms with Crippen molar-refractivity contribution in [3.63, 3.8) is 0 Å². The van der Waals surface area contributed by atoms with Crippen LogP contribution in [0.3, 0.4) is 0 Å². The lowest BCUT2D eigenvalue weighted by molar-refractivity contribution is 0.0605. The second kappa shape index (κ2) is 7.59. The van der Waals surface area contributed by atoms with Gasteiger partial charge in [0, 0.05) is 17.1 Å². The van der Waals surface area contributed by atoms with Gasteiger partial charge in [0.15, 0.2) is 17.3 Å². The number of esters is 1. The first kappa shape index (κ1) is 18.6. The van der Waals surface area contributed by atoms with E-state index in [4.69, 9.17) is 9.47 Å². The number of ether oxygens (including phenoxy) is 2. The first-order chi connectivity index (χ1) is 12.9. The summed E-state index contributed by atoms with van der Waals surface area (Å²) in [4.78, 5) is 29.7. The molecule has 0 atom stereocenters. The SMILES string of the molecule is COC(=O)c1sc2ncc(C(=O)C=Cc3ccc(OC)c(O)c3)cc2c1C. The van der Waals surface area contributed by atoms with Gasteiger partial charge < -0.3 is 14.6 Å². The molecule has 1 aromatic carbocycles. The van der Waals surface area contributed by atoms with Gasteiger partial charge in [0.25, 0.3) is 0 Å². The normalized spacial score (nSPS) is 11.1. The van der Waals surface area contributed by atoms with E-state index in [9.17, 15) is 14.7 Å². The molecule has 0 amide bonds. The number of rotatable bonds is 5. The summed E-state index contributed by atoms with van der Waals surface area (Å²) in [5, 5.41) is 10.6. The van der Waals surface area contributed by atoms with Gasteiger partial charge in [-0.15, -0.1) is 11.3 Å². The van der Waals surface area contributed by atoms with Crippen LogP contribution >= 0.6 is 11.3 Å². The van der Waals surface area contributed by atoms with Crippen LogP contribution in [0.25, 0.3) is 16.3 Å². The molecule has 0 spiro atoms. The van der Waals surface area contributed by atoms with E-state index in [1.165, 1.54) is 43.9 Å². The van der Waals surface area contributed by atoms with Crippen molar-refractivity contribution in [2.24, 2.45) is 0 Å². The van der Waals surface area contributed by atoms with Crippen LogP contribution in [0.5, 0.6) is 11.5 Å². The third kappa shape index (κ3) is 3.68. The Labute approximate surface area is 159 Å². The smallest absolute Gasteiger partial charge is 0.348 e. The maximum absolute atomic E-state index is 12.5. The van der Waals surface area contributed by atoms with E-state index in [1.54, 1.807) is 31.2 Å². The molecule has 0 aliphatic rings. The van der Waals surface area contributed by atoms with Gasteiger partial charge in [0.05, 0.1) is 14.2 Å². The van der Waals surface area contributed by atoms with E-state index >= 15 is 0 Å². The fourth-order valence-corrected chi connectivity index (χ4v) is 3.65. The first-order valence-corrected chi connectivity index (χ1v) is 8.83. The second-order valence-electron chi connectivity index (χ2n) is 5.75. The highest BCUT2D eigenvalue weighted by molar-refractivity contribution is 7.20. The predicted molar refractivity (Wildman–Crippen MR) is 104 cm³/mol. The number of pyridine rings is 1. The molecule has 0 aliphatic carbocycles. The lowest BCUT2D eigenvalue weighted by Gasteiger charge is -2.03. The van der Waals surface area contributed by atoms with E-state index < -0.39 is 5.97 Å². The molecule has 0 radical (unpaired) electrons. The van der Waals surface area contributed by atoms with E-state index in [0.717, 1.165) is 10.9 Å². The molecule has 0 aliphatic heterocycles. The minimum Gasteiger partial charge on any atom is -0.504 e. The third-order valence-corrected chi connectivity index (χ3v) is 5.28. The van der Waals surface area contributed by atoms with Gasteiger partial charge in [-0.25, -0.2) is 9.78 Å². The summed E-state index contributed by atoms with van der Waals surface area (Å²) in [7, 11) is 2.80. The number of benzene rings is 1. The van der Waals surface area contributed by atoms with Crippen LogP contribution < -0.4 is 4.74 Å². The highest BCUT2D eigenvalue weighted by atomic mass is 32.1. The Morgan fingerprint density at radius 1 is 1.22 bits per heavy atom. The van der Waals surface area contributed by atoms with Crippen molar-refractivity contribution in [2.45, 2.75) is 6.92 Å². The highest BCUT2D eigenvalue weighted by Gasteiger charge is 2.17. The van der Waals surface area contributed by atoms with Gasteiger partial charge in [-0.05, 0) is 42.3 Å². The Kier molecular flexibility index (Phi) is 5.23. The Morgan fingerprint density at radius 3 is 2.67 bits per heavy atom. The molecule has 0 bridgehead atoms. The fraction of sp³-hybridized carbons (Fsp3) is 0.150. The van der Waals surface area contributed by atoms with E-state index in [1.807, 2.05) is 0 Å². The molecule has 0 unspecified atom stereocenters. The van der Waals surface area contributed by atoms with Gasteiger partial charge in [-0.1, -0.05) is 12.1 Å². The van der Waals surface area contributed by atoms with Crippen LogP contribution in [-0.2, 0) is 4.74 Å². The summed E-state index contributed by atoms with van der Waals surface area (Å²) in [5.74, 6) is -0.283. The summed E-state index contributed by atoms with van der Waals surface area (Å²) in [6.45, 7) is 1.80. The van der Waals surface area contributed by atoms with Crippen LogP contribution in [0.1, 0.15) is 31.2 Å². The molecule has 138 valence electrons. The minimum atomic E-state index is -0.414. The lowest BCUT2D eigenvalue weighted by atomic mass is 10.1. The van der Waals surface area contributed by atoms with Gasteiger partial charge in [-0.3, -0.25) is 4.79 Å². The van der Waals surface area contributed by atoms with Crippen molar-refractivity contribution in [2.75, 3.05) is 14.2 Å². The fourth-order valence-electron chi connectivity index (χ4n) is 2.60. The van der Waals surface area contributed by atoms with Crippen LogP contribution in [0.4, 0.5) is 0 Å². The number of nitrogens with zero attached hydrogens (tertiary/aromatic N) is 1. The monoisotopic (exact) mass is 383 g/mol. The number of aromatic hydroxyl groups is 1. The highest BCUT2D eigenvalue weighted by Crippen LogP contribution is 2.31. The van der Waals surface area contributed by atoms with Gasteiger partial charge in [0.1, 0.15) is 9.71 Å². The molecule has 3 rings (SSSR count). The van der Waals surface area contributed by atoms with E-state index in [-0.39, 0.29) is 11.5 Å². The Bertz CT molecular complexity index is 1070. The van der Waals surface area contributed by atoms with Crippen LogP contribution in [0.2, 0.25) is 0 Å². The largest absolute Gasteiger partial charge is 0.504 e. The van der Waals surface area contributed by atoms with Crippen molar-refractivity contribution in [3.05, 3.63) is 58.1 Å². The topological polar surface area (TPSA) is 85.7 Å². The minimum absolute atomic E-state index is 0.000534. The number of methoxy groups -OCH3 is 2. The van der Waals surface area contributed by atoms with Crippen molar-refractivity contribution >= 4 is 39.4 Å². The number of aromatic nitrogens is 1.